The summed E-state index contributed by atoms with van der Waals surface area (Å²) >= 11 is 0. The maximum absolute atomic E-state index is 12.3. The van der Waals surface area contributed by atoms with E-state index in [1.165, 1.54) is 4.31 Å². The van der Waals surface area contributed by atoms with Gasteiger partial charge in [0.2, 0.25) is 10.0 Å². The molecule has 19 heavy (non-hydrogen) atoms. The van der Waals surface area contributed by atoms with Crippen molar-refractivity contribution in [1.82, 2.24) is 4.31 Å². The van der Waals surface area contributed by atoms with Crippen LogP contribution in [0, 0.1) is 0 Å². The summed E-state index contributed by atoms with van der Waals surface area (Å²) in [6, 6.07) is 6.77. The highest BCUT2D eigenvalue weighted by Crippen LogP contribution is 2.16. The van der Waals surface area contributed by atoms with Crippen LogP contribution in [0.15, 0.2) is 24.3 Å². The van der Waals surface area contributed by atoms with E-state index in [4.69, 9.17) is 15.6 Å². The van der Waals surface area contributed by atoms with Crippen molar-refractivity contribution in [3.63, 3.8) is 0 Å². The lowest BCUT2D eigenvalue weighted by molar-refractivity contribution is -0.0305. The van der Waals surface area contributed by atoms with E-state index in [0.717, 1.165) is 0 Å². The number of anilines is 1. The first-order valence-corrected chi connectivity index (χ1v) is 7.67. The fraction of sp³-hybridized carbons (Fsp3) is 0.500. The molecule has 0 saturated carbocycles. The van der Waals surface area contributed by atoms with E-state index in [1.54, 1.807) is 24.3 Å². The van der Waals surface area contributed by atoms with Crippen LogP contribution in [-0.2, 0) is 20.5 Å². The van der Waals surface area contributed by atoms with E-state index in [0.29, 0.717) is 24.4 Å². The highest BCUT2D eigenvalue weighted by atomic mass is 32.2. The standard InChI is InChI=1S/C12H18N2O4S/c13-11-3-1-10(2-4-11)9-19(16,17)14-5-6-18-12(7-14)8-15/h1-4,12,15H,5-9,13H2. The molecular formula is C12H18N2O4S. The molecule has 6 nitrogen and oxygen atoms in total. The normalized spacial score (nSPS) is 21.4. The third kappa shape index (κ3) is 3.66. The molecule has 1 aromatic carbocycles. The van der Waals surface area contributed by atoms with Crippen LogP contribution in [0.3, 0.4) is 0 Å². The third-order valence-corrected chi connectivity index (χ3v) is 4.84. The number of nitrogens with zero attached hydrogens (tertiary/aromatic N) is 1. The van der Waals surface area contributed by atoms with Crippen LogP contribution in [0.5, 0.6) is 0 Å². The Kier molecular flexibility index (Phi) is 4.41. The molecule has 0 aromatic heterocycles. The average molecular weight is 286 g/mol. The van der Waals surface area contributed by atoms with Gasteiger partial charge in [0.05, 0.1) is 25.1 Å². The molecule has 1 heterocycles. The van der Waals surface area contributed by atoms with Gasteiger partial charge in [-0.2, -0.15) is 4.31 Å². The number of nitrogen functional groups attached to an aromatic ring is 1. The molecule has 1 unspecified atom stereocenters. The summed E-state index contributed by atoms with van der Waals surface area (Å²) in [6.45, 7) is 0.668. The molecule has 0 amide bonds. The molecule has 3 N–H and O–H groups in total. The van der Waals surface area contributed by atoms with Crippen molar-refractivity contribution in [2.24, 2.45) is 0 Å². The Bertz CT molecular complexity index is 515. The molecule has 2 rings (SSSR count). The van der Waals surface area contributed by atoms with Crippen LogP contribution in [0.25, 0.3) is 0 Å². The van der Waals surface area contributed by atoms with Crippen LogP contribution in [-0.4, -0.2) is 50.2 Å². The van der Waals surface area contributed by atoms with Gasteiger partial charge in [-0.3, -0.25) is 0 Å². The summed E-state index contributed by atoms with van der Waals surface area (Å²) in [4.78, 5) is 0. The summed E-state index contributed by atoms with van der Waals surface area (Å²) < 4.78 is 31.1. The van der Waals surface area contributed by atoms with Gasteiger partial charge in [0.15, 0.2) is 0 Å². The number of hydrogen-bond donors (Lipinski definition) is 2. The van der Waals surface area contributed by atoms with Gasteiger partial charge in [0, 0.05) is 18.8 Å². The lowest BCUT2D eigenvalue weighted by atomic mass is 10.2. The van der Waals surface area contributed by atoms with E-state index in [2.05, 4.69) is 0 Å². The van der Waals surface area contributed by atoms with Crippen molar-refractivity contribution in [3.05, 3.63) is 29.8 Å². The number of aliphatic hydroxyl groups is 1. The number of ether oxygens (including phenoxy) is 1. The summed E-state index contributed by atoms with van der Waals surface area (Å²) in [7, 11) is -3.39. The van der Waals surface area contributed by atoms with Gasteiger partial charge in [-0.15, -0.1) is 0 Å². The Morgan fingerprint density at radius 1 is 1.37 bits per heavy atom. The van der Waals surface area contributed by atoms with Gasteiger partial charge in [-0.1, -0.05) is 12.1 Å². The second-order valence-corrected chi connectivity index (χ2v) is 6.50. The summed E-state index contributed by atoms with van der Waals surface area (Å²) in [5.74, 6) is -0.0641. The van der Waals surface area contributed by atoms with Gasteiger partial charge in [-0.25, -0.2) is 8.42 Å². The monoisotopic (exact) mass is 286 g/mol. The van der Waals surface area contributed by atoms with Gasteiger partial charge >= 0.3 is 0 Å². The van der Waals surface area contributed by atoms with Gasteiger partial charge in [-0.05, 0) is 17.7 Å². The Balaban J connectivity index is 2.07. The maximum Gasteiger partial charge on any atom is 0.218 e. The van der Waals surface area contributed by atoms with Crippen molar-refractivity contribution in [1.29, 1.82) is 0 Å². The molecular weight excluding hydrogens is 268 g/mol. The first-order chi connectivity index (χ1) is 9.01. The molecule has 1 atom stereocenters. The predicted octanol–water partition coefficient (Wildman–Crippen LogP) is -0.208. The van der Waals surface area contributed by atoms with Gasteiger partial charge in [0.1, 0.15) is 0 Å². The molecule has 1 saturated heterocycles. The number of rotatable bonds is 4. The fourth-order valence-electron chi connectivity index (χ4n) is 1.97. The van der Waals surface area contributed by atoms with E-state index in [1.807, 2.05) is 0 Å². The molecule has 7 heteroatoms. The number of benzene rings is 1. The summed E-state index contributed by atoms with van der Waals surface area (Å²) in [5, 5.41) is 9.03. The van der Waals surface area contributed by atoms with Gasteiger partial charge < -0.3 is 15.6 Å². The van der Waals surface area contributed by atoms with E-state index < -0.39 is 16.1 Å². The van der Waals surface area contributed by atoms with Gasteiger partial charge in [0.25, 0.3) is 0 Å². The largest absolute Gasteiger partial charge is 0.399 e. The number of morpholine rings is 1. The SMILES string of the molecule is Nc1ccc(CS(=O)(=O)N2CCOC(CO)C2)cc1. The molecule has 1 aliphatic rings. The molecule has 0 radical (unpaired) electrons. The molecule has 0 aliphatic carbocycles. The minimum absolute atomic E-state index is 0.0641. The fourth-order valence-corrected chi connectivity index (χ4v) is 3.51. The Hall–Kier alpha value is -1.15. The molecule has 106 valence electrons. The van der Waals surface area contributed by atoms with E-state index >= 15 is 0 Å². The zero-order chi connectivity index (χ0) is 13.9. The quantitative estimate of drug-likeness (QED) is 0.747. The predicted molar refractivity (Wildman–Crippen MR) is 71.9 cm³/mol. The second kappa shape index (κ2) is 5.87. The highest BCUT2D eigenvalue weighted by Gasteiger charge is 2.29. The average Bonchev–Trinajstić information content (AvgIpc) is 2.41. The first kappa shape index (κ1) is 14.3. The lowest BCUT2D eigenvalue weighted by Crippen LogP contribution is -2.47. The zero-order valence-electron chi connectivity index (χ0n) is 10.5. The van der Waals surface area contributed by atoms with Crippen LogP contribution < -0.4 is 5.73 Å². The second-order valence-electron chi connectivity index (χ2n) is 4.53. The lowest BCUT2D eigenvalue weighted by Gasteiger charge is -2.31. The summed E-state index contributed by atoms with van der Waals surface area (Å²) in [6.07, 6.45) is -0.435. The third-order valence-electron chi connectivity index (χ3n) is 3.03. The minimum Gasteiger partial charge on any atom is -0.399 e. The van der Waals surface area contributed by atoms with E-state index in [-0.39, 0.29) is 18.9 Å². The van der Waals surface area contributed by atoms with Crippen molar-refractivity contribution >= 4 is 15.7 Å². The van der Waals surface area contributed by atoms with Crippen molar-refractivity contribution in [2.45, 2.75) is 11.9 Å². The summed E-state index contributed by atoms with van der Waals surface area (Å²) in [5.41, 5.74) is 6.87. The first-order valence-electron chi connectivity index (χ1n) is 6.06. The van der Waals surface area contributed by atoms with Crippen LogP contribution in [0.4, 0.5) is 5.69 Å². The van der Waals surface area contributed by atoms with Crippen molar-refractivity contribution in [3.8, 4) is 0 Å². The van der Waals surface area contributed by atoms with Crippen molar-refractivity contribution < 1.29 is 18.3 Å². The van der Waals surface area contributed by atoms with E-state index in [9.17, 15) is 8.42 Å². The van der Waals surface area contributed by atoms with Crippen LogP contribution in [0.1, 0.15) is 5.56 Å². The van der Waals surface area contributed by atoms with Crippen LogP contribution >= 0.6 is 0 Å². The molecule has 0 spiro atoms. The number of nitrogens with two attached hydrogens (primary N) is 1. The Morgan fingerprint density at radius 2 is 2.05 bits per heavy atom. The van der Waals surface area contributed by atoms with Crippen molar-refractivity contribution in [2.75, 3.05) is 32.0 Å². The smallest absolute Gasteiger partial charge is 0.218 e. The highest BCUT2D eigenvalue weighted by molar-refractivity contribution is 7.88. The maximum atomic E-state index is 12.3. The minimum atomic E-state index is -3.39. The number of hydrogen-bond acceptors (Lipinski definition) is 5. The Labute approximate surface area is 112 Å². The molecule has 1 fully saturated rings. The Morgan fingerprint density at radius 3 is 2.68 bits per heavy atom. The number of sulfonamides is 1. The van der Waals surface area contributed by atoms with Crippen LogP contribution in [0.2, 0.25) is 0 Å². The topological polar surface area (TPSA) is 92.9 Å². The number of aliphatic hydroxyl groups excluding tert-OH is 1. The molecule has 1 aliphatic heterocycles. The molecule has 0 bridgehead atoms. The molecule has 1 aromatic rings. The zero-order valence-corrected chi connectivity index (χ0v) is 11.3.